The molecule has 0 bridgehead atoms. The summed E-state index contributed by atoms with van der Waals surface area (Å²) in [5.41, 5.74) is -0.745. The third kappa shape index (κ3) is 4.08. The standard InChI is InChI=1S/C18H18N6O5S/c1-23-9-21-22-18(23)30-5-4-19-15(25)12-7-20-17(27)24(16(12)26)8-11-2-3-13-14(6-11)29-10-28-13/h2-3,6-7,9H,4-5,8,10H2,1H3,(H,19,25)(H,20,27). The maximum absolute atomic E-state index is 12.7. The Morgan fingerprint density at radius 3 is 2.93 bits per heavy atom. The Hall–Kier alpha value is -3.54. The molecule has 0 radical (unpaired) electrons. The summed E-state index contributed by atoms with van der Waals surface area (Å²) >= 11 is 1.42. The molecule has 0 aliphatic carbocycles. The summed E-state index contributed by atoms with van der Waals surface area (Å²) in [7, 11) is 1.82. The van der Waals surface area contributed by atoms with Crippen molar-refractivity contribution in [3.8, 4) is 11.5 Å². The van der Waals surface area contributed by atoms with E-state index in [0.717, 1.165) is 15.9 Å². The lowest BCUT2D eigenvalue weighted by molar-refractivity contribution is 0.0953. The van der Waals surface area contributed by atoms with Crippen LogP contribution in [0.25, 0.3) is 0 Å². The molecule has 30 heavy (non-hydrogen) atoms. The van der Waals surface area contributed by atoms with E-state index in [4.69, 9.17) is 9.47 Å². The van der Waals surface area contributed by atoms with Crippen molar-refractivity contribution in [1.82, 2.24) is 29.6 Å². The molecule has 11 nitrogen and oxygen atoms in total. The Kier molecular flexibility index (Phi) is 5.57. The average molecular weight is 430 g/mol. The molecule has 0 atom stereocenters. The van der Waals surface area contributed by atoms with Crippen LogP contribution >= 0.6 is 11.8 Å². The lowest BCUT2D eigenvalue weighted by Gasteiger charge is -2.09. The zero-order chi connectivity index (χ0) is 21.1. The van der Waals surface area contributed by atoms with Crippen LogP contribution in [0.4, 0.5) is 0 Å². The minimum Gasteiger partial charge on any atom is -0.454 e. The summed E-state index contributed by atoms with van der Waals surface area (Å²) in [6.45, 7) is 0.439. The number of aryl methyl sites for hydroxylation is 1. The summed E-state index contributed by atoms with van der Waals surface area (Å²) in [5, 5.41) is 11.1. The van der Waals surface area contributed by atoms with E-state index in [-0.39, 0.29) is 18.9 Å². The van der Waals surface area contributed by atoms with Gasteiger partial charge in [-0.3, -0.25) is 14.2 Å². The van der Waals surface area contributed by atoms with Gasteiger partial charge in [0.25, 0.3) is 11.5 Å². The van der Waals surface area contributed by atoms with E-state index in [1.165, 1.54) is 11.8 Å². The van der Waals surface area contributed by atoms with Gasteiger partial charge in [0.2, 0.25) is 6.79 Å². The minimum atomic E-state index is -0.671. The number of ether oxygens (including phenoxy) is 2. The van der Waals surface area contributed by atoms with Gasteiger partial charge >= 0.3 is 5.69 Å². The first-order chi connectivity index (χ1) is 14.5. The third-order valence-electron chi connectivity index (χ3n) is 4.37. The fourth-order valence-corrected chi connectivity index (χ4v) is 3.59. The number of nitrogens with one attached hydrogen (secondary N) is 2. The Morgan fingerprint density at radius 2 is 2.13 bits per heavy atom. The lowest BCUT2D eigenvalue weighted by Crippen LogP contribution is -2.41. The van der Waals surface area contributed by atoms with Crippen LogP contribution in [-0.2, 0) is 13.6 Å². The van der Waals surface area contributed by atoms with Crippen molar-refractivity contribution < 1.29 is 14.3 Å². The Bertz CT molecular complexity index is 1200. The highest BCUT2D eigenvalue weighted by atomic mass is 32.2. The number of amides is 1. The molecule has 0 saturated carbocycles. The molecule has 156 valence electrons. The zero-order valence-electron chi connectivity index (χ0n) is 16.0. The summed E-state index contributed by atoms with van der Waals surface area (Å²) in [6, 6.07) is 5.14. The van der Waals surface area contributed by atoms with Crippen LogP contribution in [0.5, 0.6) is 11.5 Å². The molecule has 1 amide bonds. The number of benzene rings is 1. The van der Waals surface area contributed by atoms with Crippen LogP contribution < -0.4 is 26.0 Å². The highest BCUT2D eigenvalue weighted by Gasteiger charge is 2.17. The third-order valence-corrected chi connectivity index (χ3v) is 5.41. The van der Waals surface area contributed by atoms with Crippen molar-refractivity contribution in [1.29, 1.82) is 0 Å². The van der Waals surface area contributed by atoms with Gasteiger partial charge in [-0.2, -0.15) is 0 Å². The zero-order valence-corrected chi connectivity index (χ0v) is 16.8. The molecule has 1 aromatic carbocycles. The predicted molar refractivity (Wildman–Crippen MR) is 107 cm³/mol. The Balaban J connectivity index is 1.44. The molecule has 0 saturated heterocycles. The minimum absolute atomic E-state index is 0.00601. The summed E-state index contributed by atoms with van der Waals surface area (Å²) < 4.78 is 13.3. The summed E-state index contributed by atoms with van der Waals surface area (Å²) in [4.78, 5) is 39.8. The SMILES string of the molecule is Cn1cnnc1SCCNC(=O)c1c[nH]c(=O)n(Cc2ccc3c(c2)OCO3)c1=O. The smallest absolute Gasteiger partial charge is 0.328 e. The predicted octanol–water partition coefficient (Wildman–Crippen LogP) is -0.0358. The van der Waals surface area contributed by atoms with Gasteiger partial charge in [0.15, 0.2) is 16.7 Å². The van der Waals surface area contributed by atoms with E-state index >= 15 is 0 Å². The molecular weight excluding hydrogens is 412 g/mol. The average Bonchev–Trinajstić information content (AvgIpc) is 3.36. The molecule has 12 heteroatoms. The second-order valence-corrected chi connectivity index (χ2v) is 7.48. The van der Waals surface area contributed by atoms with Crippen molar-refractivity contribution in [3.05, 3.63) is 62.7 Å². The van der Waals surface area contributed by atoms with Gasteiger partial charge in [0, 0.05) is 25.5 Å². The number of aromatic amines is 1. The topological polar surface area (TPSA) is 133 Å². The number of carbonyl (C=O) groups excluding carboxylic acids is 1. The van der Waals surface area contributed by atoms with Crippen LogP contribution in [0.3, 0.4) is 0 Å². The fraction of sp³-hybridized carbons (Fsp3) is 0.278. The number of H-pyrrole nitrogens is 1. The molecule has 4 rings (SSSR count). The molecule has 0 spiro atoms. The van der Waals surface area contributed by atoms with E-state index in [9.17, 15) is 14.4 Å². The van der Waals surface area contributed by atoms with Gasteiger partial charge in [-0.05, 0) is 17.7 Å². The lowest BCUT2D eigenvalue weighted by atomic mass is 10.2. The van der Waals surface area contributed by atoms with Gasteiger partial charge in [-0.1, -0.05) is 17.8 Å². The van der Waals surface area contributed by atoms with E-state index < -0.39 is 17.2 Å². The first kappa shape index (κ1) is 19.8. The van der Waals surface area contributed by atoms with Crippen LogP contribution in [0.15, 0.2) is 45.5 Å². The first-order valence-corrected chi connectivity index (χ1v) is 9.97. The quantitative estimate of drug-likeness (QED) is 0.394. The molecule has 2 N–H and O–H groups in total. The fourth-order valence-electron chi connectivity index (χ4n) is 2.84. The number of fused-ring (bicyclic) bond motifs is 1. The van der Waals surface area contributed by atoms with Crippen LogP contribution in [0.2, 0.25) is 0 Å². The van der Waals surface area contributed by atoms with Gasteiger partial charge in [0.1, 0.15) is 11.9 Å². The number of aromatic nitrogens is 5. The van der Waals surface area contributed by atoms with Gasteiger partial charge in [-0.25, -0.2) is 4.79 Å². The van der Waals surface area contributed by atoms with Crippen molar-refractivity contribution in [2.24, 2.45) is 7.05 Å². The van der Waals surface area contributed by atoms with Crippen molar-refractivity contribution in [2.45, 2.75) is 11.7 Å². The van der Waals surface area contributed by atoms with Crippen LogP contribution in [0, 0.1) is 0 Å². The van der Waals surface area contributed by atoms with E-state index in [2.05, 4.69) is 20.5 Å². The van der Waals surface area contributed by atoms with Crippen molar-refractivity contribution >= 4 is 17.7 Å². The molecule has 2 aromatic heterocycles. The highest BCUT2D eigenvalue weighted by molar-refractivity contribution is 7.99. The maximum Gasteiger partial charge on any atom is 0.328 e. The van der Waals surface area contributed by atoms with Crippen LogP contribution in [0.1, 0.15) is 15.9 Å². The summed E-state index contributed by atoms with van der Waals surface area (Å²) in [5.74, 6) is 1.14. The normalized spacial score (nSPS) is 12.2. The van der Waals surface area contributed by atoms with E-state index in [1.807, 2.05) is 7.05 Å². The molecule has 0 fully saturated rings. The Labute approximate surface area is 174 Å². The van der Waals surface area contributed by atoms with Gasteiger partial charge in [0.05, 0.1) is 6.54 Å². The first-order valence-electron chi connectivity index (χ1n) is 8.99. The molecule has 1 aliphatic heterocycles. The Morgan fingerprint density at radius 1 is 1.30 bits per heavy atom. The molecule has 0 unspecified atom stereocenters. The van der Waals surface area contributed by atoms with Crippen molar-refractivity contribution in [3.63, 3.8) is 0 Å². The number of thioether (sulfide) groups is 1. The molecule has 3 aromatic rings. The maximum atomic E-state index is 12.7. The van der Waals surface area contributed by atoms with Gasteiger partial charge in [-0.15, -0.1) is 10.2 Å². The number of carbonyl (C=O) groups is 1. The van der Waals surface area contributed by atoms with E-state index in [1.54, 1.807) is 29.1 Å². The largest absolute Gasteiger partial charge is 0.454 e. The summed E-state index contributed by atoms with van der Waals surface area (Å²) in [6.07, 6.45) is 2.72. The monoisotopic (exact) mass is 430 g/mol. The number of rotatable bonds is 7. The highest BCUT2D eigenvalue weighted by Crippen LogP contribution is 2.32. The molecule has 1 aliphatic rings. The second kappa shape index (κ2) is 8.45. The molecule has 3 heterocycles. The van der Waals surface area contributed by atoms with Crippen LogP contribution in [-0.4, -0.2) is 49.3 Å². The second-order valence-electron chi connectivity index (χ2n) is 6.42. The van der Waals surface area contributed by atoms with E-state index in [0.29, 0.717) is 29.4 Å². The molecular formula is C18H18N6O5S. The number of nitrogens with zero attached hydrogens (tertiary/aromatic N) is 4. The number of hydrogen-bond donors (Lipinski definition) is 2. The van der Waals surface area contributed by atoms with Crippen molar-refractivity contribution in [2.75, 3.05) is 19.1 Å². The van der Waals surface area contributed by atoms with Gasteiger partial charge < -0.3 is 24.3 Å². The number of hydrogen-bond acceptors (Lipinski definition) is 8.